The summed E-state index contributed by atoms with van der Waals surface area (Å²) in [6, 6.07) is 22.7. The van der Waals surface area contributed by atoms with E-state index in [1.165, 1.54) is 44.5 Å². The molecular weight excluding hydrogens is 300 g/mol. The van der Waals surface area contributed by atoms with Crippen molar-refractivity contribution in [2.75, 3.05) is 0 Å². The fraction of sp³-hybridized carbons (Fsp3) is 0.280. The molecule has 0 nitrogen and oxygen atoms in total. The molecule has 0 saturated carbocycles. The molecule has 128 valence electrons. The summed E-state index contributed by atoms with van der Waals surface area (Å²) in [6.07, 6.45) is 0.999. The van der Waals surface area contributed by atoms with E-state index in [1.807, 2.05) is 0 Å². The van der Waals surface area contributed by atoms with Crippen LogP contribution in [-0.2, 0) is 6.42 Å². The first-order valence-electron chi connectivity index (χ1n) is 9.16. The highest BCUT2D eigenvalue weighted by atomic mass is 14.1. The maximum Gasteiger partial charge on any atom is 0.00611 e. The molecule has 3 rings (SSSR count). The van der Waals surface area contributed by atoms with Gasteiger partial charge in [-0.15, -0.1) is 0 Å². The van der Waals surface area contributed by atoms with Crippen molar-refractivity contribution in [1.29, 1.82) is 0 Å². The summed E-state index contributed by atoms with van der Waals surface area (Å²) in [5, 5.41) is 0. The van der Waals surface area contributed by atoms with Crippen LogP contribution in [0.2, 0.25) is 0 Å². The lowest BCUT2D eigenvalue weighted by Gasteiger charge is -2.15. The second-order valence-electron chi connectivity index (χ2n) is 7.40. The molecule has 0 aromatic heterocycles. The molecule has 0 heterocycles. The maximum absolute atomic E-state index is 2.32. The Hall–Kier alpha value is -2.34. The molecule has 0 fully saturated rings. The summed E-state index contributed by atoms with van der Waals surface area (Å²) < 4.78 is 0. The monoisotopic (exact) mass is 328 g/mol. The van der Waals surface area contributed by atoms with Gasteiger partial charge in [-0.1, -0.05) is 67.6 Å². The minimum atomic E-state index is 0.426. The molecule has 3 aromatic carbocycles. The highest BCUT2D eigenvalue weighted by Crippen LogP contribution is 2.26. The summed E-state index contributed by atoms with van der Waals surface area (Å²) in [5.74, 6) is 0.426. The van der Waals surface area contributed by atoms with Gasteiger partial charge in [0.1, 0.15) is 0 Å². The van der Waals surface area contributed by atoms with Crippen molar-refractivity contribution in [2.45, 2.75) is 47.0 Å². The van der Waals surface area contributed by atoms with Gasteiger partial charge in [-0.3, -0.25) is 0 Å². The van der Waals surface area contributed by atoms with Crippen LogP contribution >= 0.6 is 0 Å². The van der Waals surface area contributed by atoms with Crippen molar-refractivity contribution in [3.63, 3.8) is 0 Å². The molecule has 0 aliphatic rings. The first-order valence-corrected chi connectivity index (χ1v) is 9.16. The van der Waals surface area contributed by atoms with E-state index in [9.17, 15) is 0 Å². The Kier molecular flexibility index (Phi) is 5.08. The zero-order valence-corrected chi connectivity index (χ0v) is 16.1. The van der Waals surface area contributed by atoms with Crippen LogP contribution in [0.5, 0.6) is 0 Å². The van der Waals surface area contributed by atoms with Gasteiger partial charge in [0.05, 0.1) is 0 Å². The second-order valence-corrected chi connectivity index (χ2v) is 7.40. The van der Waals surface area contributed by atoms with Crippen molar-refractivity contribution in [1.82, 2.24) is 0 Å². The van der Waals surface area contributed by atoms with Crippen LogP contribution in [0.3, 0.4) is 0 Å². The summed E-state index contributed by atoms with van der Waals surface area (Å²) in [7, 11) is 0. The average molecular weight is 328 g/mol. The summed E-state index contributed by atoms with van der Waals surface area (Å²) in [5.41, 5.74) is 11.0. The van der Waals surface area contributed by atoms with Crippen molar-refractivity contribution in [3.05, 3.63) is 105 Å². The van der Waals surface area contributed by atoms with Gasteiger partial charge in [0.25, 0.3) is 0 Å². The lowest BCUT2D eigenvalue weighted by molar-refractivity contribution is 0.916. The first kappa shape index (κ1) is 17.5. The van der Waals surface area contributed by atoms with E-state index in [0.29, 0.717) is 5.92 Å². The molecule has 25 heavy (non-hydrogen) atoms. The molecule has 0 saturated heterocycles. The zero-order chi connectivity index (χ0) is 18.0. The molecule has 0 radical (unpaired) electrons. The number of benzene rings is 3. The molecule has 0 aliphatic carbocycles. The summed E-state index contributed by atoms with van der Waals surface area (Å²) in [6.45, 7) is 11.0. The third-order valence-corrected chi connectivity index (χ3v) is 5.49. The van der Waals surface area contributed by atoms with Gasteiger partial charge in [-0.25, -0.2) is 0 Å². The van der Waals surface area contributed by atoms with Crippen LogP contribution < -0.4 is 0 Å². The zero-order valence-electron chi connectivity index (χ0n) is 16.1. The Morgan fingerprint density at radius 1 is 0.560 bits per heavy atom. The Balaban J connectivity index is 1.77. The Labute approximate surface area is 152 Å². The fourth-order valence-corrected chi connectivity index (χ4v) is 3.30. The van der Waals surface area contributed by atoms with Gasteiger partial charge in [0, 0.05) is 5.92 Å². The lowest BCUT2D eigenvalue weighted by atomic mass is 9.90. The van der Waals surface area contributed by atoms with Gasteiger partial charge in [-0.05, 0) is 78.6 Å². The lowest BCUT2D eigenvalue weighted by Crippen LogP contribution is -1.98. The van der Waals surface area contributed by atoms with Crippen molar-refractivity contribution in [2.24, 2.45) is 0 Å². The van der Waals surface area contributed by atoms with E-state index in [0.717, 1.165) is 6.42 Å². The third kappa shape index (κ3) is 4.02. The number of rotatable bonds is 4. The van der Waals surface area contributed by atoms with E-state index in [1.54, 1.807) is 0 Å². The van der Waals surface area contributed by atoms with Crippen LogP contribution in [0.25, 0.3) is 0 Å². The summed E-state index contributed by atoms with van der Waals surface area (Å²) >= 11 is 0. The number of hydrogen-bond acceptors (Lipinski definition) is 0. The van der Waals surface area contributed by atoms with Gasteiger partial charge in [-0.2, -0.15) is 0 Å². The predicted molar refractivity (Wildman–Crippen MR) is 109 cm³/mol. The summed E-state index contributed by atoms with van der Waals surface area (Å²) in [4.78, 5) is 0. The molecule has 0 amide bonds. The highest BCUT2D eigenvalue weighted by molar-refractivity contribution is 5.39. The minimum Gasteiger partial charge on any atom is -0.0588 e. The SMILES string of the molecule is Cc1ccc(Cc2ccc(C(C)c3ccc(C)c(C)c3)cc2)cc1C. The average Bonchev–Trinajstić information content (AvgIpc) is 2.61. The fourth-order valence-electron chi connectivity index (χ4n) is 3.30. The topological polar surface area (TPSA) is 0 Å². The van der Waals surface area contributed by atoms with Gasteiger partial charge >= 0.3 is 0 Å². The Morgan fingerprint density at radius 3 is 1.68 bits per heavy atom. The van der Waals surface area contributed by atoms with Crippen LogP contribution in [-0.4, -0.2) is 0 Å². The molecule has 0 bridgehead atoms. The van der Waals surface area contributed by atoms with Crippen LogP contribution in [0.1, 0.15) is 57.3 Å². The molecule has 3 aromatic rings. The highest BCUT2D eigenvalue weighted by Gasteiger charge is 2.09. The van der Waals surface area contributed by atoms with Crippen molar-refractivity contribution < 1.29 is 0 Å². The molecule has 0 spiro atoms. The third-order valence-electron chi connectivity index (χ3n) is 5.49. The molecule has 1 atom stereocenters. The van der Waals surface area contributed by atoms with Crippen molar-refractivity contribution in [3.8, 4) is 0 Å². The number of aryl methyl sites for hydroxylation is 4. The van der Waals surface area contributed by atoms with Crippen molar-refractivity contribution >= 4 is 0 Å². The van der Waals surface area contributed by atoms with E-state index in [-0.39, 0.29) is 0 Å². The Morgan fingerprint density at radius 2 is 1.08 bits per heavy atom. The van der Waals surface area contributed by atoms with Gasteiger partial charge in [0.15, 0.2) is 0 Å². The van der Waals surface area contributed by atoms with Gasteiger partial charge < -0.3 is 0 Å². The van der Waals surface area contributed by atoms with E-state index in [2.05, 4.69) is 95.3 Å². The quantitative estimate of drug-likeness (QED) is 0.502. The van der Waals surface area contributed by atoms with E-state index in [4.69, 9.17) is 0 Å². The molecule has 0 aliphatic heterocycles. The second kappa shape index (κ2) is 7.27. The first-order chi connectivity index (χ1) is 11.9. The molecular formula is C25H28. The minimum absolute atomic E-state index is 0.426. The normalized spacial score (nSPS) is 12.2. The molecule has 1 unspecified atom stereocenters. The van der Waals surface area contributed by atoms with Crippen LogP contribution in [0.4, 0.5) is 0 Å². The van der Waals surface area contributed by atoms with E-state index < -0.39 is 0 Å². The Bertz CT molecular complexity index is 869. The smallest absolute Gasteiger partial charge is 0.00611 e. The van der Waals surface area contributed by atoms with Gasteiger partial charge in [0.2, 0.25) is 0 Å². The number of hydrogen-bond donors (Lipinski definition) is 0. The van der Waals surface area contributed by atoms with Crippen LogP contribution in [0, 0.1) is 27.7 Å². The maximum atomic E-state index is 2.32. The largest absolute Gasteiger partial charge is 0.0588 e. The molecule has 0 heteroatoms. The molecule has 0 N–H and O–H groups in total. The van der Waals surface area contributed by atoms with Crippen LogP contribution in [0.15, 0.2) is 60.7 Å². The standard InChI is InChI=1S/C25H28/c1-17-6-8-23(14-19(17)3)16-22-9-12-24(13-10-22)21(5)25-11-7-18(2)20(4)15-25/h6-15,21H,16H2,1-5H3. The van der Waals surface area contributed by atoms with E-state index >= 15 is 0 Å². The predicted octanol–water partition coefficient (Wildman–Crippen LogP) is 6.66.